The zero-order valence-corrected chi connectivity index (χ0v) is 11.6. The van der Waals surface area contributed by atoms with Gasteiger partial charge in [-0.25, -0.2) is 0 Å². The molecule has 1 aliphatic rings. The van der Waals surface area contributed by atoms with Crippen molar-refractivity contribution in [1.29, 1.82) is 0 Å². The first-order valence-electron chi connectivity index (χ1n) is 6.84. The summed E-state index contributed by atoms with van der Waals surface area (Å²) < 4.78 is 5.19. The summed E-state index contributed by atoms with van der Waals surface area (Å²) >= 11 is 0. The van der Waals surface area contributed by atoms with E-state index in [2.05, 4.69) is 17.6 Å². The zero-order chi connectivity index (χ0) is 13.7. The zero-order valence-electron chi connectivity index (χ0n) is 11.6. The van der Waals surface area contributed by atoms with Gasteiger partial charge in [-0.1, -0.05) is 19.1 Å². The minimum atomic E-state index is -0.0347. The summed E-state index contributed by atoms with van der Waals surface area (Å²) in [5, 5.41) is 6.06. The molecule has 0 radical (unpaired) electrons. The molecule has 1 aliphatic carbocycles. The third-order valence-electron chi connectivity index (χ3n) is 3.56. The molecule has 0 spiro atoms. The van der Waals surface area contributed by atoms with Gasteiger partial charge < -0.3 is 15.4 Å². The van der Waals surface area contributed by atoms with Crippen molar-refractivity contribution in [3.8, 4) is 5.75 Å². The molecule has 1 amide bonds. The first kappa shape index (κ1) is 13.9. The number of ether oxygens (including phenoxy) is 1. The summed E-state index contributed by atoms with van der Waals surface area (Å²) in [5.74, 6) is 2.18. The maximum atomic E-state index is 11.8. The van der Waals surface area contributed by atoms with Gasteiger partial charge in [0.2, 0.25) is 5.91 Å². The first-order valence-corrected chi connectivity index (χ1v) is 6.84. The molecule has 4 nitrogen and oxygen atoms in total. The van der Waals surface area contributed by atoms with Crippen LogP contribution >= 0.6 is 0 Å². The van der Waals surface area contributed by atoms with Crippen LogP contribution < -0.4 is 15.4 Å². The molecule has 1 saturated carbocycles. The molecule has 1 aromatic rings. The van der Waals surface area contributed by atoms with Crippen LogP contribution in [0.5, 0.6) is 5.75 Å². The summed E-state index contributed by atoms with van der Waals surface area (Å²) in [4.78, 5) is 11.8. The van der Waals surface area contributed by atoms with Crippen LogP contribution in [0.1, 0.15) is 19.8 Å². The van der Waals surface area contributed by atoms with E-state index >= 15 is 0 Å². The van der Waals surface area contributed by atoms with Crippen LogP contribution in [-0.2, 0) is 4.79 Å². The average Bonchev–Trinajstić information content (AvgIpc) is 3.23. The highest BCUT2D eigenvalue weighted by Crippen LogP contribution is 2.36. The lowest BCUT2D eigenvalue weighted by Gasteiger charge is -2.12. The third-order valence-corrected chi connectivity index (χ3v) is 3.56. The maximum absolute atomic E-state index is 11.8. The Kier molecular flexibility index (Phi) is 4.80. The van der Waals surface area contributed by atoms with Crippen LogP contribution in [0.4, 0.5) is 5.69 Å². The highest BCUT2D eigenvalue weighted by atomic mass is 16.5. The van der Waals surface area contributed by atoms with E-state index in [4.69, 9.17) is 4.74 Å². The van der Waals surface area contributed by atoms with Crippen molar-refractivity contribution in [1.82, 2.24) is 5.32 Å². The molecule has 0 heterocycles. The van der Waals surface area contributed by atoms with Gasteiger partial charge in [0.1, 0.15) is 5.75 Å². The normalized spacial score (nSPS) is 15.9. The predicted molar refractivity (Wildman–Crippen MR) is 76.4 cm³/mol. The van der Waals surface area contributed by atoms with Crippen molar-refractivity contribution >= 4 is 11.6 Å². The second-order valence-corrected chi connectivity index (χ2v) is 5.19. The molecule has 0 saturated heterocycles. The molecule has 0 aliphatic heterocycles. The molecule has 1 unspecified atom stereocenters. The summed E-state index contributed by atoms with van der Waals surface area (Å²) in [6, 6.07) is 7.42. The monoisotopic (exact) mass is 262 g/mol. The number of carbonyl (C=O) groups excluding carboxylic acids is 1. The Bertz CT molecular complexity index is 430. The van der Waals surface area contributed by atoms with E-state index in [0.717, 1.165) is 12.5 Å². The number of benzene rings is 1. The molecule has 4 heteroatoms. The second kappa shape index (κ2) is 6.57. The molecular formula is C15H22N2O2. The van der Waals surface area contributed by atoms with E-state index in [1.165, 1.54) is 12.8 Å². The van der Waals surface area contributed by atoms with Gasteiger partial charge in [0.15, 0.2) is 0 Å². The molecular weight excluding hydrogens is 240 g/mol. The average molecular weight is 262 g/mol. The van der Waals surface area contributed by atoms with Gasteiger partial charge in [-0.3, -0.25) is 4.79 Å². The molecule has 2 N–H and O–H groups in total. The number of para-hydroxylation sites is 2. The van der Waals surface area contributed by atoms with Gasteiger partial charge >= 0.3 is 0 Å². The number of methoxy groups -OCH3 is 1. The third kappa shape index (κ3) is 4.24. The van der Waals surface area contributed by atoms with Crippen molar-refractivity contribution < 1.29 is 9.53 Å². The fourth-order valence-electron chi connectivity index (χ4n) is 2.19. The lowest BCUT2D eigenvalue weighted by atomic mass is 10.1. The maximum Gasteiger partial charge on any atom is 0.238 e. The van der Waals surface area contributed by atoms with Crippen LogP contribution in [0.15, 0.2) is 24.3 Å². The Morgan fingerprint density at radius 3 is 2.84 bits per heavy atom. The lowest BCUT2D eigenvalue weighted by molar-refractivity contribution is -0.115. The van der Waals surface area contributed by atoms with Gasteiger partial charge in [0.25, 0.3) is 0 Å². The Balaban J connectivity index is 1.74. The molecule has 19 heavy (non-hydrogen) atoms. The van der Waals surface area contributed by atoms with E-state index in [9.17, 15) is 4.79 Å². The Labute approximate surface area is 114 Å². The number of amides is 1. The number of rotatable bonds is 7. The molecule has 0 aromatic heterocycles. The molecule has 2 rings (SSSR count). The smallest absolute Gasteiger partial charge is 0.238 e. The van der Waals surface area contributed by atoms with E-state index < -0.39 is 0 Å². The largest absolute Gasteiger partial charge is 0.495 e. The summed E-state index contributed by atoms with van der Waals surface area (Å²) in [5.41, 5.74) is 0.715. The Morgan fingerprint density at radius 2 is 2.16 bits per heavy atom. The van der Waals surface area contributed by atoms with Crippen molar-refractivity contribution in [3.63, 3.8) is 0 Å². The van der Waals surface area contributed by atoms with Crippen LogP contribution in [0.25, 0.3) is 0 Å². The van der Waals surface area contributed by atoms with Gasteiger partial charge in [-0.05, 0) is 43.4 Å². The highest BCUT2D eigenvalue weighted by Gasteiger charge is 2.27. The van der Waals surface area contributed by atoms with E-state index in [1.807, 2.05) is 24.3 Å². The molecule has 0 bridgehead atoms. The van der Waals surface area contributed by atoms with Crippen LogP contribution in [-0.4, -0.2) is 26.1 Å². The highest BCUT2D eigenvalue weighted by molar-refractivity contribution is 5.93. The molecule has 1 atom stereocenters. The first-order chi connectivity index (χ1) is 9.20. The molecule has 1 aromatic carbocycles. The van der Waals surface area contributed by atoms with Crippen LogP contribution in [0.3, 0.4) is 0 Å². The standard InChI is InChI=1S/C15H22N2O2/c1-11(12-7-8-12)9-16-10-15(18)17-13-5-3-4-6-14(13)19-2/h3-6,11-12,16H,7-10H2,1-2H3,(H,17,18). The predicted octanol–water partition coefficient (Wildman–Crippen LogP) is 2.27. The van der Waals surface area contributed by atoms with E-state index in [0.29, 0.717) is 23.9 Å². The minimum absolute atomic E-state index is 0.0347. The number of anilines is 1. The fourth-order valence-corrected chi connectivity index (χ4v) is 2.19. The van der Waals surface area contributed by atoms with Gasteiger partial charge in [0, 0.05) is 0 Å². The van der Waals surface area contributed by atoms with Crippen molar-refractivity contribution in [2.45, 2.75) is 19.8 Å². The summed E-state index contributed by atoms with van der Waals surface area (Å²) in [7, 11) is 1.60. The number of carbonyl (C=O) groups is 1. The quantitative estimate of drug-likeness (QED) is 0.792. The number of hydrogen-bond acceptors (Lipinski definition) is 3. The molecule has 104 valence electrons. The van der Waals surface area contributed by atoms with E-state index in [-0.39, 0.29) is 5.91 Å². The van der Waals surface area contributed by atoms with Crippen molar-refractivity contribution in [3.05, 3.63) is 24.3 Å². The molecule has 1 fully saturated rings. The minimum Gasteiger partial charge on any atom is -0.495 e. The summed E-state index contributed by atoms with van der Waals surface area (Å²) in [6.45, 7) is 3.49. The number of nitrogens with one attached hydrogen (secondary N) is 2. The lowest BCUT2D eigenvalue weighted by Crippen LogP contribution is -2.31. The topological polar surface area (TPSA) is 50.4 Å². The SMILES string of the molecule is COc1ccccc1NC(=O)CNCC(C)C1CC1. The van der Waals surface area contributed by atoms with E-state index in [1.54, 1.807) is 7.11 Å². The van der Waals surface area contributed by atoms with Gasteiger partial charge in [0.05, 0.1) is 19.3 Å². The van der Waals surface area contributed by atoms with Crippen LogP contribution in [0.2, 0.25) is 0 Å². The number of hydrogen-bond donors (Lipinski definition) is 2. The Morgan fingerprint density at radius 1 is 1.42 bits per heavy atom. The fraction of sp³-hybridized carbons (Fsp3) is 0.533. The van der Waals surface area contributed by atoms with Crippen LogP contribution in [0, 0.1) is 11.8 Å². The van der Waals surface area contributed by atoms with Gasteiger partial charge in [-0.2, -0.15) is 0 Å². The Hall–Kier alpha value is -1.55. The van der Waals surface area contributed by atoms with Gasteiger partial charge in [-0.15, -0.1) is 0 Å². The van der Waals surface area contributed by atoms with Crippen molar-refractivity contribution in [2.75, 3.05) is 25.5 Å². The second-order valence-electron chi connectivity index (χ2n) is 5.19. The summed E-state index contributed by atoms with van der Waals surface area (Å²) in [6.07, 6.45) is 2.69. The van der Waals surface area contributed by atoms with Crippen molar-refractivity contribution in [2.24, 2.45) is 11.8 Å².